The summed E-state index contributed by atoms with van der Waals surface area (Å²) in [5.41, 5.74) is 4.74. The molecule has 0 aliphatic carbocycles. The van der Waals surface area contributed by atoms with Crippen LogP contribution in [0.2, 0.25) is 0 Å². The second-order valence-corrected chi connectivity index (χ2v) is 4.73. The molecule has 1 unspecified atom stereocenters. The van der Waals surface area contributed by atoms with Gasteiger partial charge in [0.1, 0.15) is 11.5 Å². The van der Waals surface area contributed by atoms with Crippen LogP contribution < -0.4 is 10.7 Å². The summed E-state index contributed by atoms with van der Waals surface area (Å²) in [5.74, 6) is 0.626. The lowest BCUT2D eigenvalue weighted by molar-refractivity contribution is -0.121. The fraction of sp³-hybridized carbons (Fsp3) is 0.143. The summed E-state index contributed by atoms with van der Waals surface area (Å²) >= 11 is 0. The van der Waals surface area contributed by atoms with Gasteiger partial charge < -0.3 is 9.73 Å². The molecule has 1 amide bonds. The molecule has 19 heavy (non-hydrogen) atoms. The molecular weight excluding hydrogens is 242 g/mol. The fourth-order valence-electron chi connectivity index (χ4n) is 2.68. The van der Waals surface area contributed by atoms with Crippen LogP contribution in [-0.2, 0) is 10.3 Å². The maximum Gasteiger partial charge on any atom is 0.256 e. The van der Waals surface area contributed by atoms with Gasteiger partial charge >= 0.3 is 0 Å². The first-order chi connectivity index (χ1) is 9.29. The number of amides is 1. The topological polar surface area (TPSA) is 66.6 Å². The van der Waals surface area contributed by atoms with Crippen LogP contribution in [0.4, 0.5) is 5.69 Å². The molecular formula is C14H11N3O2. The van der Waals surface area contributed by atoms with Crippen LogP contribution in [0.25, 0.3) is 0 Å². The molecule has 2 aliphatic rings. The quantitative estimate of drug-likeness (QED) is 0.814. The lowest BCUT2D eigenvalue weighted by Crippen LogP contribution is -2.42. The Kier molecular flexibility index (Phi) is 1.90. The van der Waals surface area contributed by atoms with Crippen molar-refractivity contribution in [1.82, 2.24) is 5.43 Å². The molecule has 1 aromatic heterocycles. The monoisotopic (exact) mass is 253 g/mol. The molecule has 0 saturated heterocycles. The standard InChI is InChI=1S/C14H11N3O2/c18-13-14(9-4-1-2-5-10(9)15-13)8-11(16-17-14)12-6-3-7-19-12/h1-7,17H,8H2,(H,15,18). The predicted octanol–water partition coefficient (Wildman–Crippen LogP) is 1.82. The van der Waals surface area contributed by atoms with Crippen molar-refractivity contribution in [1.29, 1.82) is 0 Å². The molecule has 5 nitrogen and oxygen atoms in total. The number of fused-ring (bicyclic) bond motifs is 2. The number of nitrogens with zero attached hydrogens (tertiary/aromatic N) is 1. The van der Waals surface area contributed by atoms with E-state index in [1.807, 2.05) is 36.4 Å². The molecule has 0 radical (unpaired) electrons. The molecule has 0 bridgehead atoms. The van der Waals surface area contributed by atoms with E-state index in [0.29, 0.717) is 12.2 Å². The molecule has 94 valence electrons. The lowest BCUT2D eigenvalue weighted by Gasteiger charge is -2.20. The van der Waals surface area contributed by atoms with Crippen molar-refractivity contribution in [3.8, 4) is 0 Å². The van der Waals surface area contributed by atoms with Crippen molar-refractivity contribution in [3.05, 3.63) is 54.0 Å². The van der Waals surface area contributed by atoms with Gasteiger partial charge in [0.15, 0.2) is 5.54 Å². The van der Waals surface area contributed by atoms with E-state index < -0.39 is 5.54 Å². The van der Waals surface area contributed by atoms with Crippen molar-refractivity contribution < 1.29 is 9.21 Å². The summed E-state index contributed by atoms with van der Waals surface area (Å²) in [4.78, 5) is 12.3. The van der Waals surface area contributed by atoms with E-state index in [4.69, 9.17) is 4.42 Å². The number of rotatable bonds is 1. The van der Waals surface area contributed by atoms with Crippen molar-refractivity contribution in [3.63, 3.8) is 0 Å². The third kappa shape index (κ3) is 1.29. The Hall–Kier alpha value is -2.56. The summed E-state index contributed by atoms with van der Waals surface area (Å²) in [6.07, 6.45) is 2.09. The maximum absolute atomic E-state index is 12.3. The summed E-state index contributed by atoms with van der Waals surface area (Å²) in [7, 11) is 0. The van der Waals surface area contributed by atoms with Gasteiger partial charge in [0.2, 0.25) is 0 Å². The average molecular weight is 253 g/mol. The van der Waals surface area contributed by atoms with Gasteiger partial charge in [0, 0.05) is 17.7 Å². The highest BCUT2D eigenvalue weighted by Crippen LogP contribution is 2.41. The number of hydrazone groups is 1. The Bertz CT molecular complexity index is 690. The van der Waals surface area contributed by atoms with Gasteiger partial charge in [-0.15, -0.1) is 0 Å². The number of para-hydroxylation sites is 1. The third-order valence-electron chi connectivity index (χ3n) is 3.64. The average Bonchev–Trinajstić information content (AvgIpc) is 3.13. The van der Waals surface area contributed by atoms with E-state index in [-0.39, 0.29) is 5.91 Å². The maximum atomic E-state index is 12.3. The van der Waals surface area contributed by atoms with Crippen LogP contribution in [0, 0.1) is 0 Å². The van der Waals surface area contributed by atoms with Gasteiger partial charge in [0.05, 0.1) is 6.26 Å². The summed E-state index contributed by atoms with van der Waals surface area (Å²) in [5, 5.41) is 7.17. The minimum atomic E-state index is -0.793. The van der Waals surface area contributed by atoms with Crippen LogP contribution in [-0.4, -0.2) is 11.6 Å². The number of anilines is 1. The SMILES string of the molecule is O=C1Nc2ccccc2C12CC(c1ccco1)=NN2. The highest BCUT2D eigenvalue weighted by molar-refractivity contribution is 6.12. The van der Waals surface area contributed by atoms with Gasteiger partial charge in [-0.25, -0.2) is 0 Å². The molecule has 3 heterocycles. The van der Waals surface area contributed by atoms with Crippen LogP contribution >= 0.6 is 0 Å². The van der Waals surface area contributed by atoms with Crippen LogP contribution in [0.1, 0.15) is 17.7 Å². The number of hydrogen-bond donors (Lipinski definition) is 2. The van der Waals surface area contributed by atoms with Crippen LogP contribution in [0.3, 0.4) is 0 Å². The first-order valence-corrected chi connectivity index (χ1v) is 6.08. The molecule has 4 rings (SSSR count). The van der Waals surface area contributed by atoms with Gasteiger partial charge in [-0.3, -0.25) is 10.2 Å². The number of furan rings is 1. The molecule has 1 atom stereocenters. The number of benzene rings is 1. The lowest BCUT2D eigenvalue weighted by atomic mass is 9.87. The fourth-order valence-corrected chi connectivity index (χ4v) is 2.68. The first-order valence-electron chi connectivity index (χ1n) is 6.08. The largest absolute Gasteiger partial charge is 0.463 e. The van der Waals surface area contributed by atoms with E-state index in [9.17, 15) is 4.79 Å². The van der Waals surface area contributed by atoms with E-state index in [2.05, 4.69) is 15.8 Å². The molecule has 2 aliphatic heterocycles. The minimum absolute atomic E-state index is 0.0704. The van der Waals surface area contributed by atoms with Crippen molar-refractivity contribution >= 4 is 17.3 Å². The normalized spacial score (nSPS) is 24.0. The summed E-state index contributed by atoms with van der Waals surface area (Å²) in [6, 6.07) is 11.3. The number of carbonyl (C=O) groups is 1. The van der Waals surface area contributed by atoms with Crippen molar-refractivity contribution in [2.45, 2.75) is 12.0 Å². The van der Waals surface area contributed by atoms with Gasteiger partial charge in [-0.2, -0.15) is 5.10 Å². The number of nitrogens with one attached hydrogen (secondary N) is 2. The predicted molar refractivity (Wildman–Crippen MR) is 69.7 cm³/mol. The van der Waals surface area contributed by atoms with Gasteiger partial charge in [0.25, 0.3) is 5.91 Å². The summed E-state index contributed by atoms with van der Waals surface area (Å²) < 4.78 is 5.34. The Morgan fingerprint density at radius 2 is 2.11 bits per heavy atom. The van der Waals surface area contributed by atoms with Gasteiger partial charge in [-0.1, -0.05) is 18.2 Å². The van der Waals surface area contributed by atoms with E-state index in [1.54, 1.807) is 6.26 Å². The summed E-state index contributed by atoms with van der Waals surface area (Å²) in [6.45, 7) is 0. The Morgan fingerprint density at radius 3 is 2.95 bits per heavy atom. The molecule has 1 spiro atoms. The Morgan fingerprint density at radius 1 is 1.21 bits per heavy atom. The molecule has 5 heteroatoms. The second-order valence-electron chi connectivity index (χ2n) is 4.73. The number of carbonyl (C=O) groups excluding carboxylic acids is 1. The van der Waals surface area contributed by atoms with Gasteiger partial charge in [-0.05, 0) is 18.2 Å². The van der Waals surface area contributed by atoms with Crippen LogP contribution in [0.5, 0.6) is 0 Å². The molecule has 2 N–H and O–H groups in total. The zero-order chi connectivity index (χ0) is 12.9. The zero-order valence-corrected chi connectivity index (χ0v) is 10.0. The van der Waals surface area contributed by atoms with Crippen molar-refractivity contribution in [2.75, 3.05) is 5.32 Å². The molecule has 2 aromatic rings. The molecule has 0 fully saturated rings. The molecule has 0 saturated carbocycles. The minimum Gasteiger partial charge on any atom is -0.463 e. The Labute approximate surface area is 109 Å². The highest BCUT2D eigenvalue weighted by Gasteiger charge is 2.50. The van der Waals surface area contributed by atoms with E-state index >= 15 is 0 Å². The Balaban J connectivity index is 1.76. The highest BCUT2D eigenvalue weighted by atomic mass is 16.3. The van der Waals surface area contributed by atoms with Crippen molar-refractivity contribution in [2.24, 2.45) is 5.10 Å². The second kappa shape index (κ2) is 3.47. The third-order valence-corrected chi connectivity index (χ3v) is 3.64. The number of hydrogen-bond acceptors (Lipinski definition) is 4. The smallest absolute Gasteiger partial charge is 0.256 e. The van der Waals surface area contributed by atoms with E-state index in [0.717, 1.165) is 17.0 Å². The van der Waals surface area contributed by atoms with E-state index in [1.165, 1.54) is 0 Å². The molecule has 1 aromatic carbocycles. The first kappa shape index (κ1) is 10.4. The zero-order valence-electron chi connectivity index (χ0n) is 10.0. The van der Waals surface area contributed by atoms with Crippen LogP contribution in [0.15, 0.2) is 52.2 Å².